The fourth-order valence-electron chi connectivity index (χ4n) is 5.99. The van der Waals surface area contributed by atoms with Gasteiger partial charge < -0.3 is 5.32 Å². The number of aromatic nitrogens is 2. The average Bonchev–Trinajstić information content (AvgIpc) is 3.43. The Labute approximate surface area is 213 Å². The first-order valence-corrected chi connectivity index (χ1v) is 13.1. The highest BCUT2D eigenvalue weighted by Crippen LogP contribution is 2.43. The largest absolute Gasteiger partial charge is 0.352 e. The predicted octanol–water partition coefficient (Wildman–Crippen LogP) is 5.13. The first-order chi connectivity index (χ1) is 17.7. The third-order valence-corrected chi connectivity index (χ3v) is 7.67. The summed E-state index contributed by atoms with van der Waals surface area (Å²) in [5, 5.41) is 13.0. The van der Waals surface area contributed by atoms with Crippen LogP contribution in [0.15, 0.2) is 73.3 Å². The lowest BCUT2D eigenvalue weighted by molar-refractivity contribution is -0.127. The van der Waals surface area contributed by atoms with Gasteiger partial charge in [-0.2, -0.15) is 5.26 Å². The van der Waals surface area contributed by atoms with E-state index >= 15 is 0 Å². The van der Waals surface area contributed by atoms with Crippen molar-refractivity contribution in [3.63, 3.8) is 0 Å². The van der Waals surface area contributed by atoms with Crippen molar-refractivity contribution in [2.75, 3.05) is 6.54 Å². The van der Waals surface area contributed by atoms with Gasteiger partial charge in [0, 0.05) is 42.8 Å². The highest BCUT2D eigenvalue weighted by atomic mass is 16.2. The summed E-state index contributed by atoms with van der Waals surface area (Å²) in [4.78, 5) is 24.9. The van der Waals surface area contributed by atoms with Gasteiger partial charge in [0.2, 0.25) is 5.91 Å². The van der Waals surface area contributed by atoms with Crippen molar-refractivity contribution in [1.82, 2.24) is 20.2 Å². The van der Waals surface area contributed by atoms with Gasteiger partial charge in [0.05, 0.1) is 17.7 Å². The highest BCUT2D eigenvalue weighted by Gasteiger charge is 2.41. The van der Waals surface area contributed by atoms with Gasteiger partial charge in [-0.1, -0.05) is 43.5 Å². The van der Waals surface area contributed by atoms with Crippen LogP contribution in [0.3, 0.4) is 0 Å². The van der Waals surface area contributed by atoms with Crippen LogP contribution in [-0.4, -0.2) is 39.4 Å². The van der Waals surface area contributed by atoms with Gasteiger partial charge in [0.15, 0.2) is 0 Å². The zero-order chi connectivity index (χ0) is 24.7. The molecule has 1 N–H and O–H groups in total. The molecule has 3 heterocycles. The van der Waals surface area contributed by atoms with Crippen LogP contribution in [0.25, 0.3) is 0 Å². The molecule has 1 aromatic carbocycles. The second-order valence-corrected chi connectivity index (χ2v) is 9.97. The van der Waals surface area contributed by atoms with Gasteiger partial charge in [0.25, 0.3) is 0 Å². The molecule has 0 radical (unpaired) electrons. The molecule has 2 aromatic heterocycles. The maximum Gasteiger partial charge on any atom is 0.237 e. The van der Waals surface area contributed by atoms with Gasteiger partial charge in [-0.05, 0) is 73.2 Å². The Bertz CT molecular complexity index is 1150. The van der Waals surface area contributed by atoms with E-state index in [1.54, 1.807) is 12.4 Å². The number of carbonyl (C=O) groups excluding carboxylic acids is 1. The molecule has 2 aliphatic rings. The molecule has 36 heavy (non-hydrogen) atoms. The third kappa shape index (κ3) is 5.32. The number of likely N-dealkylation sites (tertiary alicyclic amines) is 1. The summed E-state index contributed by atoms with van der Waals surface area (Å²) in [6, 6.07) is 18.2. The van der Waals surface area contributed by atoms with Crippen molar-refractivity contribution in [1.29, 1.82) is 5.26 Å². The molecule has 2 fully saturated rings. The van der Waals surface area contributed by atoms with E-state index in [-0.39, 0.29) is 30.0 Å². The molecule has 6 heteroatoms. The lowest BCUT2D eigenvalue weighted by atomic mass is 9.81. The highest BCUT2D eigenvalue weighted by molar-refractivity contribution is 5.82. The summed E-state index contributed by atoms with van der Waals surface area (Å²) in [5.41, 5.74) is 3.78. The number of benzene rings is 1. The zero-order valence-corrected chi connectivity index (χ0v) is 20.6. The van der Waals surface area contributed by atoms with E-state index in [2.05, 4.69) is 44.5 Å². The van der Waals surface area contributed by atoms with E-state index in [9.17, 15) is 10.1 Å². The monoisotopic (exact) mass is 479 g/mol. The van der Waals surface area contributed by atoms with E-state index in [1.165, 1.54) is 19.3 Å². The standard InChI is InChI=1S/C30H33N5O/c31-19-22-8-4-9-23(18-22)29(28(24-10-5-15-32-20-24)25-11-6-16-33-21-25)35-17-7-14-27(35)30(36)34-26-12-2-1-3-13-26/h4-6,8-11,15-16,18,20-21,26-29H,1-3,7,12-14,17H2,(H,34,36)/t27-,29?/m0/s1. The Morgan fingerprint density at radius 1 is 0.917 bits per heavy atom. The maximum absolute atomic E-state index is 13.6. The first-order valence-electron chi connectivity index (χ1n) is 13.1. The molecule has 2 atom stereocenters. The number of pyridine rings is 2. The Balaban J connectivity index is 1.57. The molecule has 0 spiro atoms. The van der Waals surface area contributed by atoms with Crippen LogP contribution in [0.1, 0.15) is 79.2 Å². The van der Waals surface area contributed by atoms with E-state index in [4.69, 9.17) is 0 Å². The van der Waals surface area contributed by atoms with Crippen molar-refractivity contribution in [3.05, 3.63) is 95.6 Å². The first kappa shape index (κ1) is 24.1. The Hall–Kier alpha value is -3.56. The number of nitrogens with zero attached hydrogens (tertiary/aromatic N) is 4. The third-order valence-electron chi connectivity index (χ3n) is 7.67. The van der Waals surface area contributed by atoms with Crippen molar-refractivity contribution < 1.29 is 4.79 Å². The topological polar surface area (TPSA) is 81.9 Å². The van der Waals surface area contributed by atoms with Gasteiger partial charge in [-0.15, -0.1) is 0 Å². The summed E-state index contributed by atoms with van der Waals surface area (Å²) in [6.45, 7) is 0.821. The van der Waals surface area contributed by atoms with E-state index < -0.39 is 0 Å². The van der Waals surface area contributed by atoms with Crippen LogP contribution < -0.4 is 5.32 Å². The lowest BCUT2D eigenvalue weighted by Gasteiger charge is -2.39. The Kier molecular flexibility index (Phi) is 7.68. The Morgan fingerprint density at radius 2 is 1.61 bits per heavy atom. The fraction of sp³-hybridized carbons (Fsp3) is 0.400. The molecule has 1 saturated heterocycles. The molecule has 6 nitrogen and oxygen atoms in total. The van der Waals surface area contributed by atoms with Crippen molar-refractivity contribution >= 4 is 5.91 Å². The van der Waals surface area contributed by atoms with Gasteiger partial charge in [-0.3, -0.25) is 19.7 Å². The van der Waals surface area contributed by atoms with Gasteiger partial charge >= 0.3 is 0 Å². The number of hydrogen-bond acceptors (Lipinski definition) is 5. The number of hydrogen-bond donors (Lipinski definition) is 1. The average molecular weight is 480 g/mol. The van der Waals surface area contributed by atoms with E-state index in [0.29, 0.717) is 5.56 Å². The molecule has 3 aromatic rings. The van der Waals surface area contributed by atoms with Gasteiger partial charge in [-0.25, -0.2) is 0 Å². The number of nitrogens with one attached hydrogen (secondary N) is 1. The number of amides is 1. The second-order valence-electron chi connectivity index (χ2n) is 9.97. The van der Waals surface area contributed by atoms with Crippen LogP contribution in [-0.2, 0) is 4.79 Å². The molecule has 1 amide bonds. The van der Waals surface area contributed by atoms with Crippen molar-refractivity contribution in [3.8, 4) is 6.07 Å². The molecule has 1 saturated carbocycles. The molecule has 184 valence electrons. The summed E-state index contributed by atoms with van der Waals surface area (Å²) in [6.07, 6.45) is 15.0. The van der Waals surface area contributed by atoms with Crippen LogP contribution in [0, 0.1) is 11.3 Å². The van der Waals surface area contributed by atoms with E-state index in [0.717, 1.165) is 48.9 Å². The van der Waals surface area contributed by atoms with Gasteiger partial charge in [0.1, 0.15) is 0 Å². The molecule has 1 aliphatic heterocycles. The molecule has 1 aliphatic carbocycles. The zero-order valence-electron chi connectivity index (χ0n) is 20.6. The van der Waals surface area contributed by atoms with Crippen molar-refractivity contribution in [2.45, 2.75) is 69.0 Å². The minimum atomic E-state index is -0.210. The number of nitriles is 1. The summed E-state index contributed by atoms with van der Waals surface area (Å²) in [7, 11) is 0. The fourth-order valence-corrected chi connectivity index (χ4v) is 5.99. The smallest absolute Gasteiger partial charge is 0.237 e. The molecule has 5 rings (SSSR count). The van der Waals surface area contributed by atoms with Crippen molar-refractivity contribution in [2.24, 2.45) is 0 Å². The van der Waals surface area contributed by atoms with Crippen LogP contribution in [0.5, 0.6) is 0 Å². The Morgan fingerprint density at radius 3 is 2.25 bits per heavy atom. The lowest BCUT2D eigenvalue weighted by Crippen LogP contribution is -2.49. The molecular formula is C30H33N5O. The van der Waals surface area contributed by atoms with Crippen LogP contribution >= 0.6 is 0 Å². The normalized spacial score (nSPS) is 19.6. The van der Waals surface area contributed by atoms with E-state index in [1.807, 2.05) is 42.7 Å². The maximum atomic E-state index is 13.6. The molecule has 0 bridgehead atoms. The minimum Gasteiger partial charge on any atom is -0.352 e. The summed E-state index contributed by atoms with van der Waals surface area (Å²) >= 11 is 0. The van der Waals surface area contributed by atoms with Crippen LogP contribution in [0.2, 0.25) is 0 Å². The van der Waals surface area contributed by atoms with Crippen LogP contribution in [0.4, 0.5) is 0 Å². The number of carbonyl (C=O) groups is 1. The predicted molar refractivity (Wildman–Crippen MR) is 139 cm³/mol. The minimum absolute atomic E-state index is 0.0931. The second kappa shape index (κ2) is 11.5. The molecule has 1 unspecified atom stereocenters. The summed E-state index contributed by atoms with van der Waals surface area (Å²) in [5.74, 6) is 0.0429. The quantitative estimate of drug-likeness (QED) is 0.508. The summed E-state index contributed by atoms with van der Waals surface area (Å²) < 4.78 is 0. The SMILES string of the molecule is N#Cc1cccc(C(C(c2cccnc2)c2cccnc2)N2CCC[C@H]2C(=O)NC2CCCCC2)c1. The molecular weight excluding hydrogens is 446 g/mol. The number of rotatable bonds is 7.